The molecule has 0 spiro atoms. The number of carbonyl (C=O) groups is 3. The summed E-state index contributed by atoms with van der Waals surface area (Å²) in [5.41, 5.74) is 2.22. The van der Waals surface area contributed by atoms with Gasteiger partial charge in [-0.15, -0.1) is 0 Å². The first-order valence-corrected chi connectivity index (χ1v) is 9.05. The fraction of sp³-hybridized carbons (Fsp3) is 0.238. The Kier molecular flexibility index (Phi) is 6.63. The van der Waals surface area contributed by atoms with Crippen LogP contribution in [0.5, 0.6) is 11.5 Å². The van der Waals surface area contributed by atoms with Gasteiger partial charge in [0.05, 0.1) is 5.71 Å². The van der Waals surface area contributed by atoms with Crippen molar-refractivity contribution in [2.24, 2.45) is 5.16 Å². The Bertz CT molecular complexity index is 983. The van der Waals surface area contributed by atoms with Crippen molar-refractivity contribution in [2.45, 2.75) is 13.8 Å². The van der Waals surface area contributed by atoms with E-state index in [0.717, 1.165) is 5.56 Å². The third-order valence-corrected chi connectivity index (χ3v) is 4.07. The van der Waals surface area contributed by atoms with Gasteiger partial charge in [-0.1, -0.05) is 5.16 Å². The molecule has 1 N–H and O–H groups in total. The molecule has 0 saturated carbocycles. The molecule has 0 aromatic heterocycles. The summed E-state index contributed by atoms with van der Waals surface area (Å²) in [6, 6.07) is 11.6. The van der Waals surface area contributed by atoms with E-state index >= 15 is 0 Å². The molecule has 0 fully saturated rings. The Hall–Kier alpha value is -3.88. The van der Waals surface area contributed by atoms with Crippen LogP contribution >= 0.6 is 0 Å². The summed E-state index contributed by atoms with van der Waals surface area (Å²) in [6.07, 6.45) is 0. The van der Waals surface area contributed by atoms with Gasteiger partial charge >= 0.3 is 5.97 Å². The maximum Gasteiger partial charge on any atom is 0.347 e. The van der Waals surface area contributed by atoms with E-state index in [1.807, 2.05) is 0 Å². The molecule has 0 radical (unpaired) electrons. The molecule has 0 unspecified atom stereocenters. The molecule has 2 aromatic carbocycles. The molecule has 3 rings (SSSR count). The van der Waals surface area contributed by atoms with E-state index in [9.17, 15) is 14.4 Å². The number of hydrogen-bond donors (Lipinski definition) is 1. The number of esters is 1. The molecular formula is C21H20N2O7. The van der Waals surface area contributed by atoms with Crippen molar-refractivity contribution < 1.29 is 33.4 Å². The number of nitrogens with one attached hydrogen (secondary N) is 1. The maximum atomic E-state index is 12.1. The van der Waals surface area contributed by atoms with Crippen LogP contribution in [0.3, 0.4) is 0 Å². The molecular weight excluding hydrogens is 392 g/mol. The van der Waals surface area contributed by atoms with Crippen LogP contribution in [-0.2, 0) is 19.2 Å². The van der Waals surface area contributed by atoms with Crippen molar-refractivity contribution in [2.75, 3.05) is 25.3 Å². The lowest BCUT2D eigenvalue weighted by molar-refractivity contribution is -0.147. The minimum Gasteiger partial charge on any atom is -0.455 e. The van der Waals surface area contributed by atoms with Crippen molar-refractivity contribution in [3.05, 3.63) is 53.6 Å². The summed E-state index contributed by atoms with van der Waals surface area (Å²) < 4.78 is 15.5. The van der Waals surface area contributed by atoms with Gasteiger partial charge < -0.3 is 24.4 Å². The standard InChI is InChI=1S/C21H20N2O7/c1-13(16-5-8-19-20(9-16)29-12-28-19)23-30-11-21(26)27-10-18(25)15-3-6-17(7-4-15)22-14(2)24/h3-9H,10-12H2,1-2H3,(H,22,24)/b23-13-. The molecule has 0 bridgehead atoms. The van der Waals surface area contributed by atoms with Gasteiger partial charge in [-0.2, -0.15) is 0 Å². The fourth-order valence-electron chi connectivity index (χ4n) is 2.57. The number of carbonyl (C=O) groups excluding carboxylic acids is 3. The second-order valence-electron chi connectivity index (χ2n) is 6.36. The topological polar surface area (TPSA) is 113 Å². The molecule has 0 aliphatic carbocycles. The molecule has 30 heavy (non-hydrogen) atoms. The minimum atomic E-state index is -0.722. The Morgan fingerprint density at radius 3 is 2.40 bits per heavy atom. The van der Waals surface area contributed by atoms with Crippen LogP contribution in [0.15, 0.2) is 47.6 Å². The molecule has 0 atom stereocenters. The number of nitrogens with zero attached hydrogens (tertiary/aromatic N) is 1. The normalized spacial score (nSPS) is 12.3. The quantitative estimate of drug-likeness (QED) is 0.307. The predicted molar refractivity (Wildman–Crippen MR) is 107 cm³/mol. The number of ether oxygens (including phenoxy) is 3. The molecule has 2 aromatic rings. The van der Waals surface area contributed by atoms with Crippen molar-refractivity contribution in [1.29, 1.82) is 0 Å². The van der Waals surface area contributed by atoms with Crippen LogP contribution in [0.1, 0.15) is 29.8 Å². The molecule has 9 nitrogen and oxygen atoms in total. The van der Waals surface area contributed by atoms with E-state index in [1.54, 1.807) is 37.3 Å². The number of oxime groups is 1. The minimum absolute atomic E-state index is 0.176. The van der Waals surface area contributed by atoms with Gasteiger partial charge in [0, 0.05) is 23.7 Å². The highest BCUT2D eigenvalue weighted by Gasteiger charge is 2.15. The second-order valence-corrected chi connectivity index (χ2v) is 6.36. The average molecular weight is 412 g/mol. The molecule has 1 amide bonds. The average Bonchev–Trinajstić information content (AvgIpc) is 3.20. The lowest BCUT2D eigenvalue weighted by atomic mass is 10.1. The van der Waals surface area contributed by atoms with Crippen LogP contribution in [0, 0.1) is 0 Å². The zero-order chi connectivity index (χ0) is 21.5. The number of anilines is 1. The number of amides is 1. The largest absolute Gasteiger partial charge is 0.455 e. The van der Waals surface area contributed by atoms with E-state index in [-0.39, 0.29) is 18.5 Å². The molecule has 1 aliphatic rings. The molecule has 156 valence electrons. The van der Waals surface area contributed by atoms with Gasteiger partial charge in [-0.3, -0.25) is 9.59 Å². The zero-order valence-corrected chi connectivity index (χ0v) is 16.5. The van der Waals surface area contributed by atoms with E-state index in [1.165, 1.54) is 19.1 Å². The number of hydrogen-bond acceptors (Lipinski definition) is 8. The van der Waals surface area contributed by atoms with Gasteiger partial charge in [0.2, 0.25) is 19.3 Å². The molecule has 9 heteroatoms. The Balaban J connectivity index is 1.43. The molecule has 1 aliphatic heterocycles. The third-order valence-electron chi connectivity index (χ3n) is 4.07. The highest BCUT2D eigenvalue weighted by molar-refractivity contribution is 5.99. The molecule has 1 heterocycles. The van der Waals surface area contributed by atoms with Crippen molar-refractivity contribution >= 4 is 29.1 Å². The van der Waals surface area contributed by atoms with Crippen LogP contribution in [0.2, 0.25) is 0 Å². The Labute approximate surface area is 172 Å². The molecule has 0 saturated heterocycles. The summed E-state index contributed by atoms with van der Waals surface area (Å²) >= 11 is 0. The van der Waals surface area contributed by atoms with Gasteiger partial charge in [0.15, 0.2) is 23.9 Å². The predicted octanol–water partition coefficient (Wildman–Crippen LogP) is 2.54. The monoisotopic (exact) mass is 412 g/mol. The lowest BCUT2D eigenvalue weighted by Gasteiger charge is -2.06. The van der Waals surface area contributed by atoms with Crippen LogP contribution < -0.4 is 14.8 Å². The van der Waals surface area contributed by atoms with Gasteiger partial charge in [-0.25, -0.2) is 4.79 Å². The maximum absolute atomic E-state index is 12.1. The summed E-state index contributed by atoms with van der Waals surface area (Å²) in [5.74, 6) is -0.0341. The van der Waals surface area contributed by atoms with Crippen LogP contribution in [0.4, 0.5) is 5.69 Å². The first-order valence-electron chi connectivity index (χ1n) is 9.05. The first-order chi connectivity index (χ1) is 14.4. The van der Waals surface area contributed by atoms with Crippen LogP contribution in [0.25, 0.3) is 0 Å². The van der Waals surface area contributed by atoms with Crippen LogP contribution in [-0.4, -0.2) is 43.4 Å². The highest BCUT2D eigenvalue weighted by Crippen LogP contribution is 2.32. The zero-order valence-electron chi connectivity index (χ0n) is 16.5. The number of ketones is 1. The van der Waals surface area contributed by atoms with E-state index in [2.05, 4.69) is 10.5 Å². The summed E-state index contributed by atoms with van der Waals surface area (Å²) in [5, 5.41) is 6.48. The number of fused-ring (bicyclic) bond motifs is 1. The lowest BCUT2D eigenvalue weighted by Crippen LogP contribution is -2.17. The number of rotatable bonds is 8. The third kappa shape index (κ3) is 5.57. The van der Waals surface area contributed by atoms with Crippen molar-refractivity contribution in [3.8, 4) is 11.5 Å². The SMILES string of the molecule is CC(=O)Nc1ccc(C(=O)COC(=O)CO/N=C(/C)c2ccc3c(c2)OCO3)cc1. The first kappa shape index (κ1) is 20.8. The van der Waals surface area contributed by atoms with Crippen molar-refractivity contribution in [3.63, 3.8) is 0 Å². The second kappa shape index (κ2) is 9.55. The van der Waals surface area contributed by atoms with Gasteiger partial charge in [0.1, 0.15) is 0 Å². The highest BCUT2D eigenvalue weighted by atomic mass is 16.7. The summed E-state index contributed by atoms with van der Waals surface area (Å²) in [7, 11) is 0. The fourth-order valence-corrected chi connectivity index (χ4v) is 2.57. The summed E-state index contributed by atoms with van der Waals surface area (Å²) in [6.45, 7) is 2.43. The number of benzene rings is 2. The Morgan fingerprint density at radius 1 is 0.967 bits per heavy atom. The van der Waals surface area contributed by atoms with E-state index < -0.39 is 19.2 Å². The number of Topliss-reactive ketones (excluding diaryl/α,β-unsaturated/α-hetero) is 1. The summed E-state index contributed by atoms with van der Waals surface area (Å²) in [4.78, 5) is 39.9. The smallest absolute Gasteiger partial charge is 0.347 e. The van der Waals surface area contributed by atoms with E-state index in [4.69, 9.17) is 19.0 Å². The van der Waals surface area contributed by atoms with Crippen molar-refractivity contribution in [1.82, 2.24) is 0 Å². The Morgan fingerprint density at radius 2 is 1.67 bits per heavy atom. The van der Waals surface area contributed by atoms with Gasteiger partial charge in [0.25, 0.3) is 0 Å². The van der Waals surface area contributed by atoms with E-state index in [0.29, 0.717) is 28.5 Å². The van der Waals surface area contributed by atoms with Gasteiger partial charge in [-0.05, 0) is 49.4 Å².